The van der Waals surface area contributed by atoms with Crippen molar-refractivity contribution in [2.45, 2.75) is 44.8 Å². The van der Waals surface area contributed by atoms with Gasteiger partial charge in [-0.25, -0.2) is 0 Å². The maximum Gasteiger partial charge on any atom is 0.261 e. The molecule has 3 aromatic carbocycles. The average molecular weight is 685 g/mol. The Morgan fingerprint density at radius 3 is 2.13 bits per heavy atom. The lowest BCUT2D eigenvalue weighted by Crippen LogP contribution is -2.66. The second-order valence-corrected chi connectivity index (χ2v) is 17.3. The van der Waals surface area contributed by atoms with Crippen molar-refractivity contribution in [1.29, 1.82) is 0 Å². The van der Waals surface area contributed by atoms with E-state index < -0.39 is 14.4 Å². The lowest BCUT2D eigenvalue weighted by Gasteiger charge is -2.43. The van der Waals surface area contributed by atoms with Crippen LogP contribution in [0.2, 0.25) is 5.04 Å². The highest BCUT2D eigenvalue weighted by Gasteiger charge is 2.50. The molecular weight excluding hydrogens is 642 g/mol. The van der Waals surface area contributed by atoms with Crippen molar-refractivity contribution in [1.82, 2.24) is 4.98 Å². The van der Waals surface area contributed by atoms with Gasteiger partial charge in [-0.3, -0.25) is 4.98 Å². The van der Waals surface area contributed by atoms with Crippen molar-refractivity contribution in [2.75, 3.05) is 13.2 Å². The SMILES string of the molecule is C=C(CO[Si](c1ccccc1)(c1ccccc1)C(C)(C)C)/C(=C/CO)C(O)CC/C(=C/c1cc(Br)ccc1O)c1ccccn1. The van der Waals surface area contributed by atoms with E-state index in [2.05, 4.69) is 72.5 Å². The van der Waals surface area contributed by atoms with Gasteiger partial charge in [0.15, 0.2) is 0 Å². The van der Waals surface area contributed by atoms with Gasteiger partial charge in [0.1, 0.15) is 5.75 Å². The molecule has 0 aliphatic carbocycles. The number of benzene rings is 3. The first-order valence-corrected chi connectivity index (χ1v) is 17.8. The maximum absolute atomic E-state index is 11.5. The number of rotatable bonds is 13. The highest BCUT2D eigenvalue weighted by Crippen LogP contribution is 2.37. The van der Waals surface area contributed by atoms with E-state index in [9.17, 15) is 15.3 Å². The Morgan fingerprint density at radius 1 is 0.956 bits per heavy atom. The minimum atomic E-state index is -2.83. The summed E-state index contributed by atoms with van der Waals surface area (Å²) in [6.07, 6.45) is 5.14. The molecule has 1 unspecified atom stereocenters. The third-order valence-electron chi connectivity index (χ3n) is 7.96. The Morgan fingerprint density at radius 2 is 1.58 bits per heavy atom. The molecular formula is C38H42BrNO4Si. The number of aliphatic hydroxyl groups excluding tert-OH is 2. The van der Waals surface area contributed by atoms with Gasteiger partial charge < -0.3 is 19.7 Å². The van der Waals surface area contributed by atoms with Gasteiger partial charge in [0, 0.05) is 16.2 Å². The number of pyridine rings is 1. The van der Waals surface area contributed by atoms with E-state index in [-0.39, 0.29) is 24.0 Å². The van der Waals surface area contributed by atoms with E-state index in [1.807, 2.05) is 66.7 Å². The fourth-order valence-corrected chi connectivity index (χ4v) is 10.7. The van der Waals surface area contributed by atoms with Crippen LogP contribution in [0.4, 0.5) is 0 Å². The van der Waals surface area contributed by atoms with Crippen LogP contribution in [-0.4, -0.2) is 47.9 Å². The van der Waals surface area contributed by atoms with Gasteiger partial charge in [0.05, 0.1) is 25.0 Å². The van der Waals surface area contributed by atoms with Crippen LogP contribution in [0.5, 0.6) is 5.75 Å². The van der Waals surface area contributed by atoms with Crippen LogP contribution in [-0.2, 0) is 4.43 Å². The standard InChI is InChI=1S/C38H42BrNO4Si/c1-28(27-44-45(38(2,3)4,32-13-7-5-8-14-32)33-15-9-6-10-16-33)34(22-24-41)37(43)20-18-29(35-17-11-12-23-40-35)25-30-26-31(39)19-21-36(30)42/h5-17,19,21-23,25-26,37,41-43H,1,18,20,24,27H2,2-4H3/b29-25-,34-22-. The van der Waals surface area contributed by atoms with Crippen LogP contribution in [0.3, 0.4) is 0 Å². The zero-order valence-electron chi connectivity index (χ0n) is 26.2. The second kappa shape index (κ2) is 15.6. The van der Waals surface area contributed by atoms with Crippen LogP contribution < -0.4 is 10.4 Å². The molecule has 0 saturated carbocycles. The molecule has 4 rings (SSSR count). The van der Waals surface area contributed by atoms with Gasteiger partial charge in [0.25, 0.3) is 8.32 Å². The number of allylic oxidation sites excluding steroid dienone is 1. The quantitative estimate of drug-likeness (QED) is 0.102. The first-order chi connectivity index (χ1) is 21.6. The van der Waals surface area contributed by atoms with Gasteiger partial charge in [0.2, 0.25) is 0 Å². The fraction of sp³-hybridized carbons (Fsp3) is 0.237. The van der Waals surface area contributed by atoms with Gasteiger partial charge in [-0.05, 0) is 81.4 Å². The van der Waals surface area contributed by atoms with E-state index in [4.69, 9.17) is 4.43 Å². The number of halogens is 1. The Bertz CT molecular complexity index is 1580. The lowest BCUT2D eigenvalue weighted by atomic mass is 9.94. The molecule has 0 saturated heterocycles. The number of hydrogen-bond donors (Lipinski definition) is 3. The zero-order valence-corrected chi connectivity index (χ0v) is 28.7. The number of aromatic hydroxyl groups is 1. The molecule has 3 N–H and O–H groups in total. The predicted molar refractivity (Wildman–Crippen MR) is 191 cm³/mol. The highest BCUT2D eigenvalue weighted by atomic mass is 79.9. The molecule has 0 amide bonds. The van der Waals surface area contributed by atoms with E-state index in [1.165, 1.54) is 0 Å². The molecule has 0 aliphatic heterocycles. The normalized spacial score (nSPS) is 13.5. The maximum atomic E-state index is 11.5. The summed E-state index contributed by atoms with van der Waals surface area (Å²) in [6, 6.07) is 31.7. The summed E-state index contributed by atoms with van der Waals surface area (Å²) in [4.78, 5) is 4.53. The third kappa shape index (κ3) is 8.37. The first-order valence-electron chi connectivity index (χ1n) is 15.1. The number of phenols is 1. The molecule has 234 valence electrons. The first kappa shape index (κ1) is 34.3. The Hall–Kier alpha value is -3.59. The number of aromatic nitrogens is 1. The van der Waals surface area contributed by atoms with Crippen molar-refractivity contribution < 1.29 is 19.7 Å². The van der Waals surface area contributed by atoms with Crippen LogP contribution in [0.25, 0.3) is 11.6 Å². The summed E-state index contributed by atoms with van der Waals surface area (Å²) in [5.74, 6) is 0.155. The molecule has 1 atom stereocenters. The molecule has 5 nitrogen and oxygen atoms in total. The van der Waals surface area contributed by atoms with E-state index in [1.54, 1.807) is 24.4 Å². The molecule has 4 aromatic rings. The predicted octanol–water partition coefficient (Wildman–Crippen LogP) is 7.28. The molecule has 1 heterocycles. The number of hydrogen-bond acceptors (Lipinski definition) is 5. The molecule has 0 radical (unpaired) electrons. The molecule has 1 aromatic heterocycles. The fourth-order valence-electron chi connectivity index (χ4n) is 5.76. The Labute approximate surface area is 276 Å². The summed E-state index contributed by atoms with van der Waals surface area (Å²) >= 11 is 3.48. The van der Waals surface area contributed by atoms with Crippen LogP contribution >= 0.6 is 15.9 Å². The van der Waals surface area contributed by atoms with Gasteiger partial charge in [-0.15, -0.1) is 0 Å². The molecule has 0 spiro atoms. The van der Waals surface area contributed by atoms with Crippen LogP contribution in [0.15, 0.2) is 132 Å². The largest absolute Gasteiger partial charge is 0.507 e. The Balaban J connectivity index is 1.60. The van der Waals surface area contributed by atoms with E-state index in [0.29, 0.717) is 29.6 Å². The topological polar surface area (TPSA) is 82.8 Å². The van der Waals surface area contributed by atoms with Crippen LogP contribution in [0, 0.1) is 0 Å². The van der Waals surface area contributed by atoms with Crippen molar-refractivity contribution in [3.8, 4) is 5.75 Å². The summed E-state index contributed by atoms with van der Waals surface area (Å²) in [5.41, 5.74) is 3.44. The highest BCUT2D eigenvalue weighted by molar-refractivity contribution is 9.10. The van der Waals surface area contributed by atoms with Crippen molar-refractivity contribution in [3.63, 3.8) is 0 Å². The molecule has 0 bridgehead atoms. The summed E-state index contributed by atoms with van der Waals surface area (Å²) < 4.78 is 7.90. The van der Waals surface area contributed by atoms with Gasteiger partial charge >= 0.3 is 0 Å². The van der Waals surface area contributed by atoms with Crippen molar-refractivity contribution >= 4 is 46.3 Å². The smallest absolute Gasteiger partial charge is 0.261 e. The molecule has 0 fully saturated rings. The minimum Gasteiger partial charge on any atom is -0.507 e. The minimum absolute atomic E-state index is 0.155. The number of aliphatic hydroxyl groups is 2. The second-order valence-electron chi connectivity index (χ2n) is 12.0. The Kier molecular flexibility index (Phi) is 11.9. The van der Waals surface area contributed by atoms with E-state index >= 15 is 0 Å². The average Bonchev–Trinajstić information content (AvgIpc) is 3.04. The lowest BCUT2D eigenvalue weighted by molar-refractivity contribution is 0.199. The summed E-state index contributed by atoms with van der Waals surface area (Å²) in [6.45, 7) is 11.0. The number of phenolic OH excluding ortho intramolecular Hbond substituents is 1. The monoisotopic (exact) mass is 683 g/mol. The van der Waals surface area contributed by atoms with Gasteiger partial charge in [-0.1, -0.05) is 116 Å². The summed E-state index contributed by atoms with van der Waals surface area (Å²) in [7, 11) is -2.83. The number of nitrogens with zero attached hydrogens (tertiary/aromatic N) is 1. The van der Waals surface area contributed by atoms with E-state index in [0.717, 1.165) is 26.1 Å². The zero-order chi connectivity index (χ0) is 32.5. The van der Waals surface area contributed by atoms with Crippen LogP contribution in [0.1, 0.15) is 44.9 Å². The molecule has 45 heavy (non-hydrogen) atoms. The van der Waals surface area contributed by atoms with Gasteiger partial charge in [-0.2, -0.15) is 0 Å². The molecule has 7 heteroatoms. The molecule has 0 aliphatic rings. The summed E-state index contributed by atoms with van der Waals surface area (Å²) in [5, 5.41) is 34.0. The van der Waals surface area contributed by atoms with Crippen molar-refractivity contribution in [3.05, 3.63) is 143 Å². The van der Waals surface area contributed by atoms with Crippen molar-refractivity contribution in [2.24, 2.45) is 0 Å². The third-order valence-corrected chi connectivity index (χ3v) is 13.4.